The predicted molar refractivity (Wildman–Crippen MR) is 140 cm³/mol. The first-order valence-corrected chi connectivity index (χ1v) is 12.8. The molecule has 0 aliphatic carbocycles. The minimum atomic E-state index is -0.602. The van der Waals surface area contributed by atoms with Crippen molar-refractivity contribution >= 4 is 23.6 Å². The van der Waals surface area contributed by atoms with E-state index in [-0.39, 0.29) is 42.7 Å². The molecule has 8 heteroatoms. The van der Waals surface area contributed by atoms with Gasteiger partial charge in [0.2, 0.25) is 5.91 Å². The third-order valence-corrected chi connectivity index (χ3v) is 6.64. The standard InChI is InChI=1S/C28H37ClFN3O3/c1-19-17-33(20(2)16-32(19)18-21-6-12-25(30)13-7-21)26(34)14-23(22-8-10-24(29)11-9-22)15-31-27(35)36-28(3,4)5/h6-13,19-20,23H,14-18H2,1-5H3,(H,31,35)/t19-,20+,23?/m1/s1. The lowest BCUT2D eigenvalue weighted by atomic mass is 9.94. The quantitative estimate of drug-likeness (QED) is 0.519. The van der Waals surface area contributed by atoms with Crippen molar-refractivity contribution in [1.29, 1.82) is 0 Å². The van der Waals surface area contributed by atoms with Crippen LogP contribution in [0.2, 0.25) is 5.02 Å². The molecular weight excluding hydrogens is 481 g/mol. The van der Waals surface area contributed by atoms with E-state index in [4.69, 9.17) is 16.3 Å². The third-order valence-electron chi connectivity index (χ3n) is 6.39. The SMILES string of the molecule is C[C@@H]1CN(C(=O)CC(CNC(=O)OC(C)(C)C)c2ccc(Cl)cc2)[C@@H](C)CN1Cc1ccc(F)cc1. The van der Waals surface area contributed by atoms with Crippen molar-refractivity contribution < 1.29 is 18.7 Å². The Hall–Kier alpha value is -2.64. The minimum Gasteiger partial charge on any atom is -0.444 e. The van der Waals surface area contributed by atoms with Crippen LogP contribution in [0.25, 0.3) is 0 Å². The molecule has 2 aromatic rings. The molecule has 196 valence electrons. The molecule has 1 N–H and O–H groups in total. The maximum atomic E-state index is 13.5. The number of benzene rings is 2. The summed E-state index contributed by atoms with van der Waals surface area (Å²) in [5.41, 5.74) is 1.38. The molecule has 1 heterocycles. The van der Waals surface area contributed by atoms with Crippen LogP contribution in [0, 0.1) is 5.82 Å². The Balaban J connectivity index is 1.65. The summed E-state index contributed by atoms with van der Waals surface area (Å²) < 4.78 is 18.6. The molecule has 1 unspecified atom stereocenters. The number of halogens is 2. The van der Waals surface area contributed by atoms with Crippen molar-refractivity contribution in [2.45, 2.75) is 71.2 Å². The Morgan fingerprint density at radius 2 is 1.69 bits per heavy atom. The van der Waals surface area contributed by atoms with E-state index in [0.717, 1.165) is 17.7 Å². The number of hydrogen-bond donors (Lipinski definition) is 1. The molecular formula is C28H37ClFN3O3. The van der Waals surface area contributed by atoms with Crippen molar-refractivity contribution in [1.82, 2.24) is 15.1 Å². The third kappa shape index (κ3) is 8.20. The summed E-state index contributed by atoms with van der Waals surface area (Å²) in [5, 5.41) is 3.43. The van der Waals surface area contributed by atoms with Gasteiger partial charge >= 0.3 is 6.09 Å². The van der Waals surface area contributed by atoms with E-state index < -0.39 is 11.7 Å². The molecule has 3 atom stereocenters. The molecule has 1 fully saturated rings. The van der Waals surface area contributed by atoms with Crippen LogP contribution >= 0.6 is 11.6 Å². The summed E-state index contributed by atoms with van der Waals surface area (Å²) >= 11 is 6.07. The van der Waals surface area contributed by atoms with Crippen LogP contribution in [0.15, 0.2) is 48.5 Å². The maximum Gasteiger partial charge on any atom is 0.407 e. The molecule has 3 rings (SSSR count). The number of carbonyl (C=O) groups excluding carboxylic acids is 2. The molecule has 36 heavy (non-hydrogen) atoms. The fraction of sp³-hybridized carbons (Fsp3) is 0.500. The number of ether oxygens (including phenoxy) is 1. The van der Waals surface area contributed by atoms with Crippen LogP contribution < -0.4 is 5.32 Å². The lowest BCUT2D eigenvalue weighted by molar-refractivity contribution is -0.137. The Morgan fingerprint density at radius 3 is 2.31 bits per heavy atom. The molecule has 1 aliphatic rings. The normalized spacial score (nSPS) is 19.6. The zero-order valence-corrected chi connectivity index (χ0v) is 22.5. The first-order valence-electron chi connectivity index (χ1n) is 12.4. The Morgan fingerprint density at radius 1 is 1.06 bits per heavy atom. The molecule has 0 aromatic heterocycles. The number of nitrogens with one attached hydrogen (secondary N) is 1. The van der Waals surface area contributed by atoms with Gasteiger partial charge in [0.05, 0.1) is 0 Å². The summed E-state index contributed by atoms with van der Waals surface area (Å²) in [6.45, 7) is 11.9. The van der Waals surface area contributed by atoms with Crippen LogP contribution in [-0.2, 0) is 16.1 Å². The van der Waals surface area contributed by atoms with E-state index >= 15 is 0 Å². The molecule has 1 saturated heterocycles. The molecule has 2 amide bonds. The average Bonchev–Trinajstić information content (AvgIpc) is 2.79. The maximum absolute atomic E-state index is 13.5. The van der Waals surface area contributed by atoms with Crippen LogP contribution in [0.4, 0.5) is 9.18 Å². The first-order chi connectivity index (χ1) is 16.9. The van der Waals surface area contributed by atoms with E-state index in [9.17, 15) is 14.0 Å². The second kappa shape index (κ2) is 12.1. The van der Waals surface area contributed by atoms with E-state index in [0.29, 0.717) is 18.1 Å². The molecule has 2 aromatic carbocycles. The Bertz CT molecular complexity index is 1020. The highest BCUT2D eigenvalue weighted by atomic mass is 35.5. The Labute approximate surface area is 218 Å². The highest BCUT2D eigenvalue weighted by Gasteiger charge is 2.33. The summed E-state index contributed by atoms with van der Waals surface area (Å²) in [6, 6.07) is 14.1. The first kappa shape index (κ1) is 27.9. The number of carbonyl (C=O) groups is 2. The van der Waals surface area contributed by atoms with Gasteiger partial charge < -0.3 is 15.0 Å². The zero-order chi connectivity index (χ0) is 26.5. The number of piperazine rings is 1. The Kier molecular flexibility index (Phi) is 9.36. The van der Waals surface area contributed by atoms with Crippen LogP contribution in [0.3, 0.4) is 0 Å². The zero-order valence-electron chi connectivity index (χ0n) is 21.8. The lowest BCUT2D eigenvalue weighted by Gasteiger charge is -2.44. The predicted octanol–water partition coefficient (Wildman–Crippen LogP) is 5.60. The second-order valence-corrected chi connectivity index (χ2v) is 11.1. The molecule has 1 aliphatic heterocycles. The van der Waals surface area contributed by atoms with Gasteiger partial charge in [0.25, 0.3) is 0 Å². The number of alkyl carbamates (subject to hydrolysis) is 1. The van der Waals surface area contributed by atoms with E-state index in [2.05, 4.69) is 24.1 Å². The van der Waals surface area contributed by atoms with Gasteiger partial charge in [-0.15, -0.1) is 0 Å². The van der Waals surface area contributed by atoms with Crippen LogP contribution in [-0.4, -0.2) is 59.1 Å². The van der Waals surface area contributed by atoms with Crippen molar-refractivity contribution in [3.05, 3.63) is 70.5 Å². The van der Waals surface area contributed by atoms with Gasteiger partial charge in [0.1, 0.15) is 11.4 Å². The minimum absolute atomic E-state index is 0.0267. The molecule has 0 bridgehead atoms. The van der Waals surface area contributed by atoms with Crippen LogP contribution in [0.5, 0.6) is 0 Å². The fourth-order valence-electron chi connectivity index (χ4n) is 4.48. The largest absolute Gasteiger partial charge is 0.444 e. The van der Waals surface area contributed by atoms with Gasteiger partial charge in [0, 0.05) is 55.6 Å². The fourth-order valence-corrected chi connectivity index (χ4v) is 4.61. The number of amides is 2. The highest BCUT2D eigenvalue weighted by molar-refractivity contribution is 6.30. The highest BCUT2D eigenvalue weighted by Crippen LogP contribution is 2.25. The summed E-state index contributed by atoms with van der Waals surface area (Å²) in [4.78, 5) is 30.0. The molecule has 6 nitrogen and oxygen atoms in total. The van der Waals surface area contributed by atoms with Crippen molar-refractivity contribution in [3.8, 4) is 0 Å². The van der Waals surface area contributed by atoms with Crippen molar-refractivity contribution in [2.24, 2.45) is 0 Å². The topological polar surface area (TPSA) is 61.9 Å². The smallest absolute Gasteiger partial charge is 0.407 e. The van der Waals surface area contributed by atoms with E-state index in [1.807, 2.05) is 37.8 Å². The summed E-state index contributed by atoms with van der Waals surface area (Å²) in [5.74, 6) is -0.421. The van der Waals surface area contributed by atoms with E-state index in [1.165, 1.54) is 12.1 Å². The van der Waals surface area contributed by atoms with Gasteiger partial charge in [-0.25, -0.2) is 9.18 Å². The lowest BCUT2D eigenvalue weighted by Crippen LogP contribution is -2.57. The van der Waals surface area contributed by atoms with Crippen molar-refractivity contribution in [3.63, 3.8) is 0 Å². The molecule has 0 radical (unpaired) electrons. The molecule has 0 saturated carbocycles. The van der Waals surface area contributed by atoms with Gasteiger partial charge in [-0.3, -0.25) is 9.69 Å². The number of nitrogens with zero attached hydrogens (tertiary/aromatic N) is 2. The summed E-state index contributed by atoms with van der Waals surface area (Å²) in [6.07, 6.45) is -0.253. The molecule has 0 spiro atoms. The summed E-state index contributed by atoms with van der Waals surface area (Å²) in [7, 11) is 0. The second-order valence-electron chi connectivity index (χ2n) is 10.6. The van der Waals surface area contributed by atoms with Gasteiger partial charge in [-0.1, -0.05) is 35.9 Å². The van der Waals surface area contributed by atoms with Gasteiger partial charge in [-0.05, 0) is 70.0 Å². The van der Waals surface area contributed by atoms with Crippen LogP contribution in [0.1, 0.15) is 58.1 Å². The number of rotatable bonds is 7. The van der Waals surface area contributed by atoms with Gasteiger partial charge in [0.15, 0.2) is 0 Å². The average molecular weight is 518 g/mol. The van der Waals surface area contributed by atoms with Gasteiger partial charge in [-0.2, -0.15) is 0 Å². The number of hydrogen-bond acceptors (Lipinski definition) is 4. The van der Waals surface area contributed by atoms with E-state index in [1.54, 1.807) is 24.3 Å². The monoisotopic (exact) mass is 517 g/mol. The van der Waals surface area contributed by atoms with Crippen molar-refractivity contribution in [2.75, 3.05) is 19.6 Å².